The molecule has 3 N–H and O–H groups in total. The van der Waals surface area contributed by atoms with Crippen LogP contribution in [0.3, 0.4) is 0 Å². The van der Waals surface area contributed by atoms with Gasteiger partial charge >= 0.3 is 0 Å². The van der Waals surface area contributed by atoms with Gasteiger partial charge in [-0.1, -0.05) is 0 Å². The van der Waals surface area contributed by atoms with Crippen LogP contribution in [0.2, 0.25) is 0 Å². The topological polar surface area (TPSA) is 69.8 Å². The third-order valence-corrected chi connectivity index (χ3v) is 2.88. The van der Waals surface area contributed by atoms with Gasteiger partial charge in [0.1, 0.15) is 0 Å². The Kier molecular flexibility index (Phi) is 5.18. The first kappa shape index (κ1) is 13.4. The van der Waals surface area contributed by atoms with Gasteiger partial charge in [-0.3, -0.25) is 4.79 Å². The Morgan fingerprint density at radius 3 is 2.81 bits per heavy atom. The predicted octanol–water partition coefficient (Wildman–Crippen LogP) is -0.751. The van der Waals surface area contributed by atoms with E-state index in [-0.39, 0.29) is 18.1 Å². The lowest BCUT2D eigenvalue weighted by Crippen LogP contribution is -2.41. The van der Waals surface area contributed by atoms with Gasteiger partial charge < -0.3 is 20.6 Å². The Balaban J connectivity index is 2.51. The third-order valence-electron chi connectivity index (χ3n) is 2.88. The summed E-state index contributed by atoms with van der Waals surface area (Å²) in [5.74, 6) is 0.119. The van der Waals surface area contributed by atoms with Crippen molar-refractivity contribution in [3.05, 3.63) is 0 Å². The van der Waals surface area contributed by atoms with E-state index in [1.807, 2.05) is 19.0 Å². The molecule has 94 valence electrons. The van der Waals surface area contributed by atoms with E-state index in [9.17, 15) is 9.90 Å². The number of hydrogen-bond donors (Lipinski definition) is 2. The summed E-state index contributed by atoms with van der Waals surface area (Å²) in [6.07, 6.45) is 1.53. The molecule has 0 bridgehead atoms. The van der Waals surface area contributed by atoms with Crippen LogP contribution in [0.5, 0.6) is 0 Å². The molecule has 0 aromatic rings. The number of carbonyl (C=O) groups is 1. The van der Waals surface area contributed by atoms with Crippen LogP contribution in [0.15, 0.2) is 0 Å². The number of carbonyl (C=O) groups excluding carboxylic acids is 1. The average Bonchev–Trinajstić information content (AvgIpc) is 2.55. The fraction of sp³-hybridized carbons (Fsp3) is 0.909. The summed E-state index contributed by atoms with van der Waals surface area (Å²) in [5.41, 5.74) is 5.39. The number of hydrogen-bond acceptors (Lipinski definition) is 4. The van der Waals surface area contributed by atoms with Crippen molar-refractivity contribution in [1.82, 2.24) is 9.80 Å². The van der Waals surface area contributed by atoms with E-state index in [2.05, 4.69) is 0 Å². The van der Waals surface area contributed by atoms with Gasteiger partial charge in [0, 0.05) is 25.6 Å². The summed E-state index contributed by atoms with van der Waals surface area (Å²) in [5, 5.41) is 9.62. The van der Waals surface area contributed by atoms with Gasteiger partial charge in [0.05, 0.1) is 6.10 Å². The Morgan fingerprint density at radius 1 is 1.56 bits per heavy atom. The van der Waals surface area contributed by atoms with Crippen molar-refractivity contribution in [3.63, 3.8) is 0 Å². The molecule has 1 amide bonds. The highest BCUT2D eigenvalue weighted by Crippen LogP contribution is 2.19. The second-order valence-electron chi connectivity index (χ2n) is 4.74. The first-order valence-electron chi connectivity index (χ1n) is 5.87. The minimum atomic E-state index is -0.369. The van der Waals surface area contributed by atoms with Crippen molar-refractivity contribution in [1.29, 1.82) is 0 Å². The molecule has 1 aliphatic rings. The number of β-amino-alcohol motifs (C(OH)–C–C–N with tert-alkyl or cyclic N) is 1. The van der Waals surface area contributed by atoms with Gasteiger partial charge in [0.25, 0.3) is 0 Å². The molecule has 16 heavy (non-hydrogen) atoms. The van der Waals surface area contributed by atoms with Crippen LogP contribution in [0, 0.1) is 0 Å². The zero-order chi connectivity index (χ0) is 12.1. The average molecular weight is 229 g/mol. The van der Waals surface area contributed by atoms with E-state index in [0.29, 0.717) is 25.9 Å². The molecule has 1 rings (SSSR count). The largest absolute Gasteiger partial charge is 0.391 e. The molecule has 1 saturated heterocycles. The number of likely N-dealkylation sites (N-methyl/N-ethyl adjacent to an activating group) is 1. The number of amides is 1. The van der Waals surface area contributed by atoms with Crippen LogP contribution < -0.4 is 5.73 Å². The van der Waals surface area contributed by atoms with Crippen molar-refractivity contribution >= 4 is 5.91 Å². The normalized spacial score (nSPS) is 25.4. The molecule has 0 aromatic heterocycles. The summed E-state index contributed by atoms with van der Waals surface area (Å²) in [6, 6.07) is 0.148. The molecule has 1 heterocycles. The fourth-order valence-corrected chi connectivity index (χ4v) is 2.19. The first-order chi connectivity index (χ1) is 7.54. The Labute approximate surface area is 97.2 Å². The lowest BCUT2D eigenvalue weighted by Gasteiger charge is -2.26. The summed E-state index contributed by atoms with van der Waals surface area (Å²) in [4.78, 5) is 15.7. The zero-order valence-electron chi connectivity index (χ0n) is 10.2. The van der Waals surface area contributed by atoms with Gasteiger partial charge in [-0.25, -0.2) is 0 Å². The quantitative estimate of drug-likeness (QED) is 0.651. The van der Waals surface area contributed by atoms with Crippen LogP contribution in [0.1, 0.15) is 19.3 Å². The van der Waals surface area contributed by atoms with Gasteiger partial charge in [0.2, 0.25) is 5.91 Å². The lowest BCUT2D eigenvalue weighted by molar-refractivity contribution is -0.132. The van der Waals surface area contributed by atoms with Crippen molar-refractivity contribution in [2.45, 2.75) is 31.4 Å². The van der Waals surface area contributed by atoms with Crippen molar-refractivity contribution in [2.24, 2.45) is 5.73 Å². The van der Waals surface area contributed by atoms with E-state index < -0.39 is 0 Å². The van der Waals surface area contributed by atoms with Gasteiger partial charge in [-0.2, -0.15) is 0 Å². The Hall–Kier alpha value is -0.650. The molecule has 5 nitrogen and oxygen atoms in total. The standard InChI is InChI=1S/C11H23N3O2/c1-13(2)7-9-6-10(15)8-14(9)11(16)4-3-5-12/h9-10,15H,3-8,12H2,1-2H3. The number of likely N-dealkylation sites (tertiary alicyclic amines) is 1. The van der Waals surface area contributed by atoms with E-state index >= 15 is 0 Å². The first-order valence-corrected chi connectivity index (χ1v) is 5.87. The molecule has 1 aliphatic heterocycles. The number of aliphatic hydroxyl groups excluding tert-OH is 1. The van der Waals surface area contributed by atoms with Crippen molar-refractivity contribution < 1.29 is 9.90 Å². The minimum Gasteiger partial charge on any atom is -0.391 e. The highest BCUT2D eigenvalue weighted by atomic mass is 16.3. The molecule has 0 aromatic carbocycles. The molecule has 0 saturated carbocycles. The second kappa shape index (κ2) is 6.18. The lowest BCUT2D eigenvalue weighted by atomic mass is 10.2. The SMILES string of the molecule is CN(C)CC1CC(O)CN1C(=O)CCCN. The van der Waals surface area contributed by atoms with Crippen LogP contribution >= 0.6 is 0 Å². The molecular weight excluding hydrogens is 206 g/mol. The summed E-state index contributed by atoms with van der Waals surface area (Å²) < 4.78 is 0. The smallest absolute Gasteiger partial charge is 0.223 e. The van der Waals surface area contributed by atoms with E-state index in [4.69, 9.17) is 5.73 Å². The highest BCUT2D eigenvalue weighted by molar-refractivity contribution is 5.77. The Morgan fingerprint density at radius 2 is 2.25 bits per heavy atom. The molecule has 2 atom stereocenters. The number of rotatable bonds is 5. The molecule has 1 fully saturated rings. The minimum absolute atomic E-state index is 0.119. The van der Waals surface area contributed by atoms with Crippen LogP contribution in [0.25, 0.3) is 0 Å². The van der Waals surface area contributed by atoms with Gasteiger partial charge in [-0.05, 0) is 33.5 Å². The molecule has 0 radical (unpaired) electrons. The van der Waals surface area contributed by atoms with Crippen LogP contribution in [-0.4, -0.2) is 66.7 Å². The van der Waals surface area contributed by atoms with E-state index in [1.54, 1.807) is 4.90 Å². The fourth-order valence-electron chi connectivity index (χ4n) is 2.19. The van der Waals surface area contributed by atoms with Gasteiger partial charge in [0.15, 0.2) is 0 Å². The van der Waals surface area contributed by atoms with Crippen LogP contribution in [0.4, 0.5) is 0 Å². The van der Waals surface area contributed by atoms with E-state index in [0.717, 1.165) is 13.0 Å². The maximum atomic E-state index is 11.9. The van der Waals surface area contributed by atoms with E-state index in [1.165, 1.54) is 0 Å². The molecular formula is C11H23N3O2. The molecule has 2 unspecified atom stereocenters. The van der Waals surface area contributed by atoms with Gasteiger partial charge in [-0.15, -0.1) is 0 Å². The van der Waals surface area contributed by atoms with Crippen LogP contribution in [-0.2, 0) is 4.79 Å². The third kappa shape index (κ3) is 3.73. The maximum Gasteiger partial charge on any atom is 0.223 e. The second-order valence-corrected chi connectivity index (χ2v) is 4.74. The Bertz CT molecular complexity index is 233. The maximum absolute atomic E-state index is 11.9. The molecule has 0 aliphatic carbocycles. The summed E-state index contributed by atoms with van der Waals surface area (Å²) in [7, 11) is 3.96. The molecule has 5 heteroatoms. The molecule has 0 spiro atoms. The number of aliphatic hydroxyl groups is 1. The van der Waals surface area contributed by atoms with Crippen molar-refractivity contribution in [3.8, 4) is 0 Å². The number of nitrogens with zero attached hydrogens (tertiary/aromatic N) is 2. The summed E-state index contributed by atoms with van der Waals surface area (Å²) >= 11 is 0. The summed E-state index contributed by atoms with van der Waals surface area (Å²) in [6.45, 7) is 1.83. The number of nitrogens with two attached hydrogens (primary N) is 1. The van der Waals surface area contributed by atoms with Crippen molar-refractivity contribution in [2.75, 3.05) is 33.7 Å². The zero-order valence-corrected chi connectivity index (χ0v) is 10.2. The monoisotopic (exact) mass is 229 g/mol. The predicted molar refractivity (Wildman–Crippen MR) is 63.0 cm³/mol. The highest BCUT2D eigenvalue weighted by Gasteiger charge is 2.33.